The van der Waals surface area contributed by atoms with Crippen molar-refractivity contribution in [3.05, 3.63) is 24.3 Å². The topological polar surface area (TPSA) is 95.9 Å². The average Bonchev–Trinajstić information content (AvgIpc) is 3.45. The smallest absolute Gasteiger partial charge is 0.305 e. The Hall–Kier alpha value is -1.66. The molecule has 79 heavy (non-hydrogen) atoms. The number of unbranched alkanes of at least 4 members (excludes halogenated alkanes) is 55. The van der Waals surface area contributed by atoms with Crippen molar-refractivity contribution in [2.24, 2.45) is 0 Å². The van der Waals surface area contributed by atoms with Gasteiger partial charge in [0.1, 0.15) is 0 Å². The van der Waals surface area contributed by atoms with E-state index >= 15 is 0 Å². The van der Waals surface area contributed by atoms with Crippen LogP contribution in [0.4, 0.5) is 0 Å². The standard InChI is InChI=1S/C73H141NO5/c1-3-5-7-9-11-13-15-17-19-20-36-39-43-47-51-55-59-63-67-73(78)79-68-64-60-56-52-48-44-40-37-34-32-30-28-26-24-22-21-23-25-27-29-31-33-35-38-42-46-50-54-58-62-66-72(77)74-70(69-75)71(76)65-61-57-53-49-45-41-18-16-14-12-10-8-6-4-2/h22,24,61,65,70-71,75-76H,3-21,23,25-60,62-64,66-69H2,1-2H3,(H,74,77)/b24-22-,65-61+. The lowest BCUT2D eigenvalue weighted by atomic mass is 10.0. The van der Waals surface area contributed by atoms with E-state index in [1.54, 1.807) is 6.08 Å². The predicted molar refractivity (Wildman–Crippen MR) is 347 cm³/mol. The third-order valence-electron chi connectivity index (χ3n) is 17.0. The molecule has 0 aromatic rings. The highest BCUT2D eigenvalue weighted by Crippen LogP contribution is 2.19. The molecule has 0 radical (unpaired) electrons. The fourth-order valence-electron chi connectivity index (χ4n) is 11.5. The van der Waals surface area contributed by atoms with Crippen molar-refractivity contribution >= 4 is 11.9 Å². The van der Waals surface area contributed by atoms with Crippen molar-refractivity contribution in [1.82, 2.24) is 5.32 Å². The van der Waals surface area contributed by atoms with E-state index in [0.717, 1.165) is 38.5 Å². The van der Waals surface area contributed by atoms with Crippen molar-refractivity contribution in [1.29, 1.82) is 0 Å². The van der Waals surface area contributed by atoms with Crippen LogP contribution in [-0.4, -0.2) is 47.4 Å². The Kier molecular flexibility index (Phi) is 67.4. The van der Waals surface area contributed by atoms with Crippen LogP contribution in [-0.2, 0) is 14.3 Å². The lowest BCUT2D eigenvalue weighted by molar-refractivity contribution is -0.143. The van der Waals surface area contributed by atoms with Crippen molar-refractivity contribution in [3.8, 4) is 0 Å². The Morgan fingerprint density at radius 3 is 0.899 bits per heavy atom. The Labute approximate surface area is 494 Å². The van der Waals surface area contributed by atoms with Crippen LogP contribution in [0.5, 0.6) is 0 Å². The lowest BCUT2D eigenvalue weighted by Crippen LogP contribution is -2.45. The van der Waals surface area contributed by atoms with E-state index in [4.69, 9.17) is 4.74 Å². The molecule has 1 amide bonds. The zero-order chi connectivity index (χ0) is 57.1. The van der Waals surface area contributed by atoms with Gasteiger partial charge in [0.25, 0.3) is 0 Å². The molecule has 0 bridgehead atoms. The molecule has 0 aliphatic carbocycles. The highest BCUT2D eigenvalue weighted by molar-refractivity contribution is 5.76. The summed E-state index contributed by atoms with van der Waals surface area (Å²) < 4.78 is 5.51. The van der Waals surface area contributed by atoms with Gasteiger partial charge >= 0.3 is 5.97 Å². The number of aliphatic hydroxyl groups excluding tert-OH is 2. The van der Waals surface area contributed by atoms with Gasteiger partial charge in [0, 0.05) is 12.8 Å². The Balaban J connectivity index is 3.35. The first kappa shape index (κ1) is 77.3. The highest BCUT2D eigenvalue weighted by Gasteiger charge is 2.18. The fourth-order valence-corrected chi connectivity index (χ4v) is 11.5. The number of nitrogens with one attached hydrogen (secondary N) is 1. The van der Waals surface area contributed by atoms with E-state index in [0.29, 0.717) is 19.4 Å². The third-order valence-corrected chi connectivity index (χ3v) is 17.0. The fraction of sp³-hybridized carbons (Fsp3) is 0.918. The molecular formula is C73H141NO5. The van der Waals surface area contributed by atoms with E-state index in [1.807, 2.05) is 6.08 Å². The monoisotopic (exact) mass is 1110 g/mol. The maximum atomic E-state index is 12.5. The molecule has 2 unspecified atom stereocenters. The van der Waals surface area contributed by atoms with Crippen LogP contribution in [0.1, 0.15) is 406 Å². The molecule has 0 spiro atoms. The first-order chi connectivity index (χ1) is 39.0. The second-order valence-corrected chi connectivity index (χ2v) is 24.9. The number of hydrogen-bond acceptors (Lipinski definition) is 5. The minimum absolute atomic E-state index is 0.0219. The summed E-state index contributed by atoms with van der Waals surface area (Å²) in [6.07, 6.45) is 87.0. The van der Waals surface area contributed by atoms with Gasteiger partial charge < -0.3 is 20.3 Å². The summed E-state index contributed by atoms with van der Waals surface area (Å²) in [4.78, 5) is 24.6. The van der Waals surface area contributed by atoms with E-state index in [-0.39, 0.29) is 18.5 Å². The van der Waals surface area contributed by atoms with Gasteiger partial charge in [-0.2, -0.15) is 0 Å². The molecule has 0 aliphatic heterocycles. The zero-order valence-electron chi connectivity index (χ0n) is 53.6. The van der Waals surface area contributed by atoms with Gasteiger partial charge in [0.15, 0.2) is 0 Å². The van der Waals surface area contributed by atoms with Crippen molar-refractivity contribution in [2.45, 2.75) is 418 Å². The molecule has 0 saturated heterocycles. The molecule has 6 heteroatoms. The number of ether oxygens (including phenoxy) is 1. The number of aliphatic hydroxyl groups is 2. The first-order valence-electron chi connectivity index (χ1n) is 36.1. The summed E-state index contributed by atoms with van der Waals surface area (Å²) in [6.45, 7) is 4.94. The van der Waals surface area contributed by atoms with Gasteiger partial charge in [0.2, 0.25) is 5.91 Å². The Bertz CT molecular complexity index is 1230. The van der Waals surface area contributed by atoms with Gasteiger partial charge in [0.05, 0.1) is 25.4 Å². The molecule has 0 rings (SSSR count). The Morgan fingerprint density at radius 2 is 0.595 bits per heavy atom. The number of carbonyl (C=O) groups excluding carboxylic acids is 2. The minimum atomic E-state index is -0.843. The predicted octanol–water partition coefficient (Wildman–Crippen LogP) is 23.3. The van der Waals surface area contributed by atoms with E-state index in [9.17, 15) is 19.8 Å². The molecule has 0 saturated carbocycles. The van der Waals surface area contributed by atoms with Crippen LogP contribution < -0.4 is 5.32 Å². The van der Waals surface area contributed by atoms with Gasteiger partial charge in [-0.25, -0.2) is 0 Å². The van der Waals surface area contributed by atoms with E-state index in [2.05, 4.69) is 31.3 Å². The normalized spacial score (nSPS) is 12.6. The number of esters is 1. The summed E-state index contributed by atoms with van der Waals surface area (Å²) in [5, 5.41) is 23.1. The maximum absolute atomic E-state index is 12.5. The quantitative estimate of drug-likeness (QED) is 0.0320. The van der Waals surface area contributed by atoms with Gasteiger partial charge in [-0.15, -0.1) is 0 Å². The minimum Gasteiger partial charge on any atom is -0.466 e. The largest absolute Gasteiger partial charge is 0.466 e. The average molecular weight is 1110 g/mol. The number of rotatable bonds is 68. The molecule has 0 heterocycles. The van der Waals surface area contributed by atoms with Gasteiger partial charge in [-0.1, -0.05) is 359 Å². The molecule has 3 N–H and O–H groups in total. The Morgan fingerprint density at radius 1 is 0.342 bits per heavy atom. The second-order valence-electron chi connectivity index (χ2n) is 24.9. The molecule has 0 aromatic carbocycles. The van der Waals surface area contributed by atoms with Gasteiger partial charge in [-0.3, -0.25) is 9.59 Å². The number of allylic oxidation sites excluding steroid dienone is 3. The summed E-state index contributed by atoms with van der Waals surface area (Å²) >= 11 is 0. The van der Waals surface area contributed by atoms with Crippen LogP contribution in [0, 0.1) is 0 Å². The molecule has 468 valence electrons. The summed E-state index contributed by atoms with van der Waals surface area (Å²) in [5.74, 6) is -0.0424. The van der Waals surface area contributed by atoms with Crippen LogP contribution in [0.15, 0.2) is 24.3 Å². The SMILES string of the molecule is CCCCCCCCCCCCCC/C=C/C(O)C(CO)NC(=O)CCCCCCCCCCCCCCCC/C=C\CCCCCCCCCCCCCCOC(=O)CCCCCCCCCCCCCCCCCCCC. The molecule has 0 aromatic heterocycles. The molecule has 0 fully saturated rings. The van der Waals surface area contributed by atoms with E-state index < -0.39 is 12.1 Å². The molecule has 2 atom stereocenters. The van der Waals surface area contributed by atoms with Crippen molar-refractivity contribution < 1.29 is 24.5 Å². The second kappa shape index (κ2) is 68.8. The van der Waals surface area contributed by atoms with Crippen LogP contribution in [0.25, 0.3) is 0 Å². The number of hydrogen-bond donors (Lipinski definition) is 3. The summed E-state index contributed by atoms with van der Waals surface area (Å²) in [7, 11) is 0. The highest BCUT2D eigenvalue weighted by atomic mass is 16.5. The first-order valence-corrected chi connectivity index (χ1v) is 36.1. The van der Waals surface area contributed by atoms with Crippen molar-refractivity contribution in [2.75, 3.05) is 13.2 Å². The van der Waals surface area contributed by atoms with Gasteiger partial charge in [-0.05, 0) is 57.8 Å². The summed E-state index contributed by atoms with van der Waals surface area (Å²) in [5.41, 5.74) is 0. The summed E-state index contributed by atoms with van der Waals surface area (Å²) in [6, 6.07) is -0.626. The third kappa shape index (κ3) is 65.4. The number of amides is 1. The van der Waals surface area contributed by atoms with Crippen LogP contribution in [0.2, 0.25) is 0 Å². The lowest BCUT2D eigenvalue weighted by Gasteiger charge is -2.20. The van der Waals surface area contributed by atoms with E-state index in [1.165, 1.54) is 340 Å². The van der Waals surface area contributed by atoms with Crippen molar-refractivity contribution in [3.63, 3.8) is 0 Å². The molecular weight excluding hydrogens is 971 g/mol. The van der Waals surface area contributed by atoms with Crippen LogP contribution >= 0.6 is 0 Å². The number of carbonyl (C=O) groups is 2. The molecule has 0 aliphatic rings. The molecule has 6 nitrogen and oxygen atoms in total. The zero-order valence-corrected chi connectivity index (χ0v) is 53.6. The maximum Gasteiger partial charge on any atom is 0.305 e. The van der Waals surface area contributed by atoms with Crippen LogP contribution in [0.3, 0.4) is 0 Å².